The zero-order valence-electron chi connectivity index (χ0n) is 9.96. The van der Waals surface area contributed by atoms with Crippen molar-refractivity contribution in [1.29, 1.82) is 0 Å². The van der Waals surface area contributed by atoms with E-state index in [0.717, 1.165) is 0 Å². The molecule has 0 bridgehead atoms. The zero-order chi connectivity index (χ0) is 13.4. The summed E-state index contributed by atoms with van der Waals surface area (Å²) in [7, 11) is 0. The Hall–Kier alpha value is -2.44. The smallest absolute Gasteiger partial charge is 0.328 e. The van der Waals surface area contributed by atoms with Gasteiger partial charge in [0.05, 0.1) is 6.54 Å². The first-order chi connectivity index (χ1) is 9.15. The van der Waals surface area contributed by atoms with E-state index in [-0.39, 0.29) is 25.8 Å². The van der Waals surface area contributed by atoms with Gasteiger partial charge < -0.3 is 24.8 Å². The molecule has 7 nitrogen and oxygen atoms in total. The van der Waals surface area contributed by atoms with Gasteiger partial charge in [0.1, 0.15) is 6.04 Å². The number of aliphatic carboxylic acids is 1. The van der Waals surface area contributed by atoms with Crippen molar-refractivity contribution in [3.05, 3.63) is 18.2 Å². The third-order valence-electron chi connectivity index (χ3n) is 3.16. The minimum Gasteiger partial charge on any atom is -0.480 e. The maximum absolute atomic E-state index is 11.4. The van der Waals surface area contributed by atoms with E-state index in [1.54, 1.807) is 23.1 Å². The van der Waals surface area contributed by atoms with Gasteiger partial charge in [-0.1, -0.05) is 0 Å². The molecule has 2 aliphatic heterocycles. The van der Waals surface area contributed by atoms with Crippen molar-refractivity contribution in [3.8, 4) is 11.5 Å². The average molecular weight is 264 g/mol. The Labute approximate surface area is 108 Å². The minimum atomic E-state index is -0.974. The Morgan fingerprint density at radius 3 is 2.95 bits per heavy atom. The highest BCUT2D eigenvalue weighted by atomic mass is 16.7. The molecule has 19 heavy (non-hydrogen) atoms. The number of hydrogen-bond donors (Lipinski definition) is 2. The van der Waals surface area contributed by atoms with Gasteiger partial charge in [0.2, 0.25) is 12.7 Å². The first-order valence-corrected chi connectivity index (χ1v) is 5.81. The molecule has 2 heterocycles. The number of rotatable bonds is 2. The summed E-state index contributed by atoms with van der Waals surface area (Å²) in [5.41, 5.74) is 0.631. The van der Waals surface area contributed by atoms with Gasteiger partial charge in [-0.15, -0.1) is 0 Å². The molecule has 0 saturated carbocycles. The van der Waals surface area contributed by atoms with Crippen LogP contribution in [0.5, 0.6) is 11.5 Å². The van der Waals surface area contributed by atoms with Crippen LogP contribution in [0.15, 0.2) is 18.2 Å². The zero-order valence-corrected chi connectivity index (χ0v) is 9.96. The number of hydrogen-bond acceptors (Lipinski definition) is 5. The van der Waals surface area contributed by atoms with Gasteiger partial charge in [-0.25, -0.2) is 4.79 Å². The van der Waals surface area contributed by atoms with Crippen LogP contribution in [0.4, 0.5) is 5.69 Å². The Morgan fingerprint density at radius 1 is 1.37 bits per heavy atom. The maximum Gasteiger partial charge on any atom is 0.328 e. The lowest BCUT2D eigenvalue weighted by Gasteiger charge is -2.34. The number of carbonyl (C=O) groups is 2. The fourth-order valence-corrected chi connectivity index (χ4v) is 2.20. The highest BCUT2D eigenvalue weighted by molar-refractivity contribution is 5.89. The van der Waals surface area contributed by atoms with Gasteiger partial charge in [0, 0.05) is 18.3 Å². The summed E-state index contributed by atoms with van der Waals surface area (Å²) in [4.78, 5) is 24.2. The van der Waals surface area contributed by atoms with Crippen LogP contribution in [0.25, 0.3) is 0 Å². The molecule has 7 heteroatoms. The Balaban J connectivity index is 1.93. The Kier molecular flexibility index (Phi) is 2.66. The van der Waals surface area contributed by atoms with Crippen LogP contribution >= 0.6 is 0 Å². The van der Waals surface area contributed by atoms with Crippen molar-refractivity contribution >= 4 is 17.6 Å². The number of amides is 1. The fraction of sp³-hybridized carbons (Fsp3) is 0.333. The number of nitrogens with zero attached hydrogens (tertiary/aromatic N) is 1. The third-order valence-corrected chi connectivity index (χ3v) is 3.16. The standard InChI is InChI=1S/C12H12N2O5/c15-11-5-14(8(4-13-11)12(16)17)7-1-2-9-10(3-7)19-6-18-9/h1-3,8H,4-6H2,(H,13,15)(H,16,17). The first kappa shape index (κ1) is 11.6. The highest BCUT2D eigenvalue weighted by Crippen LogP contribution is 2.36. The van der Waals surface area contributed by atoms with Crippen molar-refractivity contribution < 1.29 is 24.2 Å². The van der Waals surface area contributed by atoms with Crippen LogP contribution in [0.2, 0.25) is 0 Å². The van der Waals surface area contributed by atoms with Crippen molar-refractivity contribution in [1.82, 2.24) is 5.32 Å². The first-order valence-electron chi connectivity index (χ1n) is 5.81. The number of carboxylic acid groups (broad SMARTS) is 1. The number of anilines is 1. The second kappa shape index (κ2) is 4.34. The second-order valence-electron chi connectivity index (χ2n) is 4.32. The van der Waals surface area contributed by atoms with Crippen molar-refractivity contribution in [2.24, 2.45) is 0 Å². The van der Waals surface area contributed by atoms with Crippen LogP contribution < -0.4 is 19.7 Å². The molecule has 1 saturated heterocycles. The quantitative estimate of drug-likeness (QED) is 0.769. The van der Waals surface area contributed by atoms with Gasteiger partial charge in [-0.3, -0.25) is 4.79 Å². The molecule has 3 rings (SSSR count). The van der Waals surface area contributed by atoms with E-state index in [2.05, 4.69) is 5.32 Å². The summed E-state index contributed by atoms with van der Waals surface area (Å²) >= 11 is 0. The predicted molar refractivity (Wildman–Crippen MR) is 64.3 cm³/mol. The number of fused-ring (bicyclic) bond motifs is 1. The number of carbonyl (C=O) groups excluding carboxylic acids is 1. The monoisotopic (exact) mass is 264 g/mol. The molecule has 0 spiro atoms. The van der Waals surface area contributed by atoms with Gasteiger partial charge in [-0.2, -0.15) is 0 Å². The van der Waals surface area contributed by atoms with E-state index in [9.17, 15) is 14.7 Å². The lowest BCUT2D eigenvalue weighted by molar-refractivity contribution is -0.139. The van der Waals surface area contributed by atoms with Crippen LogP contribution in [0.1, 0.15) is 0 Å². The normalized spacial score (nSPS) is 21.2. The number of nitrogens with one attached hydrogen (secondary N) is 1. The van der Waals surface area contributed by atoms with Gasteiger partial charge in [0.25, 0.3) is 0 Å². The van der Waals surface area contributed by atoms with Crippen molar-refractivity contribution in [2.45, 2.75) is 6.04 Å². The molecule has 1 unspecified atom stereocenters. The molecule has 1 atom stereocenters. The molecule has 1 fully saturated rings. The lowest BCUT2D eigenvalue weighted by atomic mass is 10.1. The summed E-state index contributed by atoms with van der Waals surface area (Å²) in [5, 5.41) is 11.7. The van der Waals surface area contributed by atoms with E-state index in [0.29, 0.717) is 17.2 Å². The average Bonchev–Trinajstić information content (AvgIpc) is 2.85. The number of benzene rings is 1. The molecule has 0 aromatic heterocycles. The largest absolute Gasteiger partial charge is 0.480 e. The topological polar surface area (TPSA) is 88.1 Å². The minimum absolute atomic E-state index is 0.0105. The molecule has 0 radical (unpaired) electrons. The highest BCUT2D eigenvalue weighted by Gasteiger charge is 2.32. The second-order valence-corrected chi connectivity index (χ2v) is 4.32. The molecular weight excluding hydrogens is 252 g/mol. The summed E-state index contributed by atoms with van der Waals surface area (Å²) in [6, 6.07) is 4.35. The van der Waals surface area contributed by atoms with Crippen LogP contribution in [0.3, 0.4) is 0 Å². The summed E-state index contributed by atoms with van der Waals surface area (Å²) in [6.07, 6.45) is 0. The van der Waals surface area contributed by atoms with Gasteiger partial charge >= 0.3 is 5.97 Å². The van der Waals surface area contributed by atoms with Crippen molar-refractivity contribution in [2.75, 3.05) is 24.8 Å². The molecule has 2 aliphatic rings. The molecular formula is C12H12N2O5. The van der Waals surface area contributed by atoms with Gasteiger partial charge in [0.15, 0.2) is 11.5 Å². The summed E-state index contributed by atoms with van der Waals surface area (Å²) in [5.74, 6) is 0.0116. The fourth-order valence-electron chi connectivity index (χ4n) is 2.20. The third kappa shape index (κ3) is 2.03. The number of ether oxygens (including phenoxy) is 2. The molecule has 1 aromatic rings. The van der Waals surface area contributed by atoms with E-state index >= 15 is 0 Å². The molecule has 2 N–H and O–H groups in total. The number of carboxylic acids is 1. The van der Waals surface area contributed by atoms with Crippen LogP contribution in [-0.4, -0.2) is 42.9 Å². The van der Waals surface area contributed by atoms with Crippen LogP contribution in [0, 0.1) is 0 Å². The van der Waals surface area contributed by atoms with Gasteiger partial charge in [-0.05, 0) is 12.1 Å². The molecule has 1 aromatic carbocycles. The molecule has 100 valence electrons. The SMILES string of the molecule is O=C1CN(c2ccc3c(c2)OCO3)C(C(=O)O)CN1. The Morgan fingerprint density at radius 2 is 2.16 bits per heavy atom. The van der Waals surface area contributed by atoms with E-state index < -0.39 is 12.0 Å². The number of piperazine rings is 1. The molecule has 1 amide bonds. The van der Waals surface area contributed by atoms with Crippen LogP contribution in [-0.2, 0) is 9.59 Å². The predicted octanol–water partition coefficient (Wildman–Crippen LogP) is -0.195. The van der Waals surface area contributed by atoms with E-state index in [1.807, 2.05) is 0 Å². The summed E-state index contributed by atoms with van der Waals surface area (Å²) in [6.45, 7) is 0.251. The summed E-state index contributed by atoms with van der Waals surface area (Å²) < 4.78 is 10.5. The lowest BCUT2D eigenvalue weighted by Crippen LogP contribution is -2.57. The van der Waals surface area contributed by atoms with E-state index in [1.165, 1.54) is 0 Å². The van der Waals surface area contributed by atoms with E-state index in [4.69, 9.17) is 9.47 Å². The van der Waals surface area contributed by atoms with Crippen molar-refractivity contribution in [3.63, 3.8) is 0 Å². The maximum atomic E-state index is 11.4. The molecule has 0 aliphatic carbocycles. The Bertz CT molecular complexity index is 545.